The fraction of sp³-hybridized carbons (Fsp3) is 0.281. The smallest absolute Gasteiger partial charge is 0.336 e. The van der Waals surface area contributed by atoms with Crippen LogP contribution in [0.15, 0.2) is 101 Å². The number of hydrogen-bond donors (Lipinski definition) is 0. The number of carbonyl (C=O) groups excluding carboxylic acids is 2. The number of ether oxygens (including phenoxy) is 2. The molecular weight excluding hydrogens is 462 g/mol. The van der Waals surface area contributed by atoms with Crippen LogP contribution in [-0.2, 0) is 20.9 Å². The predicted molar refractivity (Wildman–Crippen MR) is 144 cm³/mol. The second kappa shape index (κ2) is 11.0. The molecule has 1 fully saturated rings. The Morgan fingerprint density at radius 2 is 1.54 bits per heavy atom. The van der Waals surface area contributed by atoms with Crippen molar-refractivity contribution >= 4 is 17.5 Å². The minimum Gasteiger partial charge on any atom is -0.494 e. The second-order valence-corrected chi connectivity index (χ2v) is 9.60. The van der Waals surface area contributed by atoms with Crippen LogP contribution in [0.25, 0.3) is 0 Å². The van der Waals surface area contributed by atoms with Crippen molar-refractivity contribution in [1.82, 2.24) is 0 Å². The fourth-order valence-corrected chi connectivity index (χ4v) is 5.50. The van der Waals surface area contributed by atoms with E-state index in [0.29, 0.717) is 30.7 Å². The first-order valence-electron chi connectivity index (χ1n) is 12.8. The molecule has 1 saturated carbocycles. The predicted octanol–water partition coefficient (Wildman–Crippen LogP) is 6.40. The lowest BCUT2D eigenvalue weighted by Gasteiger charge is -2.38. The molecule has 1 heterocycles. The summed E-state index contributed by atoms with van der Waals surface area (Å²) in [4.78, 5) is 32.1. The summed E-state index contributed by atoms with van der Waals surface area (Å²) in [6.45, 7) is 4.52. The van der Waals surface area contributed by atoms with Gasteiger partial charge in [0.25, 0.3) is 0 Å². The van der Waals surface area contributed by atoms with Crippen LogP contribution >= 0.6 is 0 Å². The van der Waals surface area contributed by atoms with Crippen LogP contribution in [0.1, 0.15) is 55.2 Å². The number of rotatable bonds is 7. The Morgan fingerprint density at radius 1 is 0.865 bits per heavy atom. The van der Waals surface area contributed by atoms with Gasteiger partial charge in [0, 0.05) is 23.7 Å². The van der Waals surface area contributed by atoms with Gasteiger partial charge in [0.1, 0.15) is 18.1 Å². The maximum atomic E-state index is 13.7. The van der Waals surface area contributed by atoms with Gasteiger partial charge >= 0.3 is 5.97 Å². The molecule has 0 amide bonds. The molecule has 5 heteroatoms. The lowest BCUT2D eigenvalue weighted by Crippen LogP contribution is -2.41. The van der Waals surface area contributed by atoms with E-state index in [-0.39, 0.29) is 18.3 Å². The van der Waals surface area contributed by atoms with Crippen molar-refractivity contribution in [1.29, 1.82) is 0 Å². The van der Waals surface area contributed by atoms with E-state index in [1.165, 1.54) is 0 Å². The van der Waals surface area contributed by atoms with Gasteiger partial charge in [0.05, 0.1) is 18.1 Å². The highest BCUT2D eigenvalue weighted by molar-refractivity contribution is 6.12. The number of allylic oxidation sites excluding steroid dienone is 1. The first-order valence-corrected chi connectivity index (χ1v) is 12.8. The Morgan fingerprint density at radius 3 is 2.22 bits per heavy atom. The quantitative estimate of drug-likeness (QED) is 0.357. The maximum absolute atomic E-state index is 13.7. The highest BCUT2D eigenvalue weighted by Gasteiger charge is 2.46. The number of fused-ring (bicyclic) bond motifs is 1. The number of benzene rings is 3. The molecule has 3 aromatic rings. The minimum absolute atomic E-state index is 0.0871. The van der Waals surface area contributed by atoms with Crippen LogP contribution in [0.3, 0.4) is 0 Å². The largest absolute Gasteiger partial charge is 0.494 e. The summed E-state index contributed by atoms with van der Waals surface area (Å²) in [6.07, 6.45) is 1.12. The van der Waals surface area contributed by atoms with Crippen LogP contribution in [0.2, 0.25) is 0 Å². The average Bonchev–Trinajstić information content (AvgIpc) is 2.92. The molecule has 2 aliphatic rings. The lowest BCUT2D eigenvalue weighted by molar-refractivity contribution is -0.140. The number of Topliss-reactive ketones (excluding diaryl/α,β-unsaturated/α-hetero) is 1. The van der Waals surface area contributed by atoms with Crippen molar-refractivity contribution < 1.29 is 19.1 Å². The SMILES string of the molecule is CCOc1ccc([C@H]2C(C(=O)OCc3ccccc3)=C(C)N=C3C[C@H](c4ccccc4)CC(=O)C32)cc1. The maximum Gasteiger partial charge on any atom is 0.336 e. The van der Waals surface area contributed by atoms with E-state index in [1.54, 1.807) is 0 Å². The van der Waals surface area contributed by atoms with Crippen molar-refractivity contribution in [3.63, 3.8) is 0 Å². The third-order valence-corrected chi connectivity index (χ3v) is 7.21. The van der Waals surface area contributed by atoms with E-state index in [1.807, 2.05) is 86.6 Å². The average molecular weight is 494 g/mol. The molecule has 188 valence electrons. The van der Waals surface area contributed by atoms with Gasteiger partial charge in [-0.1, -0.05) is 72.8 Å². The number of carbonyl (C=O) groups is 2. The zero-order chi connectivity index (χ0) is 25.8. The van der Waals surface area contributed by atoms with Crippen molar-refractivity contribution in [2.24, 2.45) is 10.9 Å². The van der Waals surface area contributed by atoms with E-state index >= 15 is 0 Å². The molecule has 3 atom stereocenters. The van der Waals surface area contributed by atoms with Crippen molar-refractivity contribution in [2.75, 3.05) is 6.61 Å². The van der Waals surface area contributed by atoms with Gasteiger partial charge in [-0.3, -0.25) is 9.79 Å². The summed E-state index contributed by atoms with van der Waals surface area (Å²) in [5.74, 6) is -0.413. The Labute approximate surface area is 217 Å². The van der Waals surface area contributed by atoms with Crippen molar-refractivity contribution in [2.45, 2.75) is 45.1 Å². The molecule has 1 unspecified atom stereocenters. The molecular formula is C32H31NO4. The molecule has 0 saturated heterocycles. The number of aliphatic imine (C=N–C) groups is 1. The monoisotopic (exact) mass is 493 g/mol. The summed E-state index contributed by atoms with van der Waals surface area (Å²) in [6, 6.07) is 27.4. The summed E-state index contributed by atoms with van der Waals surface area (Å²) in [5.41, 5.74) is 4.86. The normalized spacial score (nSPS) is 21.2. The molecule has 37 heavy (non-hydrogen) atoms. The van der Waals surface area contributed by atoms with E-state index in [2.05, 4.69) is 12.1 Å². The zero-order valence-corrected chi connectivity index (χ0v) is 21.2. The molecule has 3 aromatic carbocycles. The number of nitrogens with zero attached hydrogens (tertiary/aromatic N) is 1. The third kappa shape index (κ3) is 5.26. The van der Waals surface area contributed by atoms with E-state index < -0.39 is 17.8 Å². The zero-order valence-electron chi connectivity index (χ0n) is 21.2. The molecule has 1 aliphatic heterocycles. The number of esters is 1. The molecule has 5 nitrogen and oxygen atoms in total. The van der Waals surface area contributed by atoms with Crippen LogP contribution in [0.4, 0.5) is 0 Å². The van der Waals surface area contributed by atoms with Crippen molar-refractivity contribution in [3.8, 4) is 5.75 Å². The Hall–Kier alpha value is -3.99. The Balaban J connectivity index is 1.51. The van der Waals surface area contributed by atoms with Gasteiger partial charge in [-0.2, -0.15) is 0 Å². The Kier molecular flexibility index (Phi) is 7.31. The summed E-state index contributed by atoms with van der Waals surface area (Å²) >= 11 is 0. The number of hydrogen-bond acceptors (Lipinski definition) is 5. The summed E-state index contributed by atoms with van der Waals surface area (Å²) < 4.78 is 11.4. The second-order valence-electron chi connectivity index (χ2n) is 9.60. The molecule has 1 aliphatic carbocycles. The molecule has 0 N–H and O–H groups in total. The molecule has 0 radical (unpaired) electrons. The van der Waals surface area contributed by atoms with Crippen LogP contribution in [-0.4, -0.2) is 24.1 Å². The minimum atomic E-state index is -0.485. The topological polar surface area (TPSA) is 65.0 Å². The molecule has 5 rings (SSSR count). The van der Waals surface area contributed by atoms with Gasteiger partial charge in [-0.15, -0.1) is 0 Å². The van der Waals surface area contributed by atoms with Gasteiger partial charge in [0.15, 0.2) is 0 Å². The van der Waals surface area contributed by atoms with Crippen LogP contribution in [0.5, 0.6) is 5.75 Å². The molecule has 0 aromatic heterocycles. The number of ketones is 1. The van der Waals surface area contributed by atoms with Crippen molar-refractivity contribution in [3.05, 3.63) is 113 Å². The first kappa shape index (κ1) is 24.7. The highest BCUT2D eigenvalue weighted by Crippen LogP contribution is 2.46. The van der Waals surface area contributed by atoms with E-state index in [0.717, 1.165) is 28.2 Å². The molecule has 0 bridgehead atoms. The van der Waals surface area contributed by atoms with Gasteiger partial charge in [-0.05, 0) is 55.0 Å². The summed E-state index contributed by atoms with van der Waals surface area (Å²) in [7, 11) is 0. The Bertz CT molecular complexity index is 1330. The highest BCUT2D eigenvalue weighted by atomic mass is 16.5. The van der Waals surface area contributed by atoms with Gasteiger partial charge < -0.3 is 9.47 Å². The first-order chi connectivity index (χ1) is 18.0. The van der Waals surface area contributed by atoms with E-state index in [4.69, 9.17) is 14.5 Å². The fourth-order valence-electron chi connectivity index (χ4n) is 5.50. The third-order valence-electron chi connectivity index (χ3n) is 7.21. The lowest BCUT2D eigenvalue weighted by atomic mass is 9.66. The van der Waals surface area contributed by atoms with Crippen LogP contribution < -0.4 is 4.74 Å². The standard InChI is InChI=1S/C32H31NO4/c1-3-36-26-16-14-24(15-17-26)30-29(32(35)37-20-22-10-6-4-7-11-22)21(2)33-27-18-25(19-28(34)31(27)30)23-12-8-5-9-13-23/h4-17,25,30-31H,3,18-20H2,1-2H3/t25-,30-,31?/m0/s1. The van der Waals surface area contributed by atoms with E-state index in [9.17, 15) is 9.59 Å². The van der Waals surface area contributed by atoms with Gasteiger partial charge in [-0.25, -0.2) is 4.79 Å². The van der Waals surface area contributed by atoms with Gasteiger partial charge in [0.2, 0.25) is 0 Å². The van der Waals surface area contributed by atoms with Crippen LogP contribution in [0, 0.1) is 5.92 Å². The molecule has 0 spiro atoms. The summed E-state index contributed by atoms with van der Waals surface area (Å²) in [5, 5.41) is 0.